The molecule has 0 N–H and O–H groups in total. The molecule has 0 aliphatic carbocycles. The summed E-state index contributed by atoms with van der Waals surface area (Å²) in [5.74, 6) is -0.0789. The van der Waals surface area contributed by atoms with Crippen LogP contribution in [0.15, 0.2) is 20.4 Å². The molecule has 0 aromatic carbocycles. The molecule has 122 valence electrons. The quantitative estimate of drug-likeness (QED) is 0.744. The highest BCUT2D eigenvalue weighted by atomic mass is 32.2. The number of carbonyl (C=O) groups excluding carboxylic acids is 1. The lowest BCUT2D eigenvalue weighted by molar-refractivity contribution is -0.136. The average molecular weight is 354 g/mol. The van der Waals surface area contributed by atoms with E-state index in [1.165, 1.54) is 4.68 Å². The second-order valence-electron chi connectivity index (χ2n) is 4.80. The minimum Gasteiger partial charge on any atom is -0.378 e. The highest BCUT2D eigenvalue weighted by molar-refractivity contribution is 7.99. The van der Waals surface area contributed by atoms with E-state index in [9.17, 15) is 9.59 Å². The minimum atomic E-state index is -0.158. The number of hydrogen-bond donors (Lipinski definition) is 0. The van der Waals surface area contributed by atoms with Crippen LogP contribution in [0.3, 0.4) is 0 Å². The monoisotopic (exact) mass is 354 g/mol. The van der Waals surface area contributed by atoms with Crippen molar-refractivity contribution in [3.63, 3.8) is 0 Å². The van der Waals surface area contributed by atoms with Gasteiger partial charge in [0.25, 0.3) is 4.74 Å². The van der Waals surface area contributed by atoms with Crippen molar-refractivity contribution in [1.82, 2.24) is 30.1 Å². The first-order valence-corrected chi connectivity index (χ1v) is 8.59. The number of aryl methyl sites for hydroxylation is 1. The van der Waals surface area contributed by atoms with E-state index in [2.05, 4.69) is 20.5 Å². The maximum absolute atomic E-state index is 12.3. The number of nitrogens with zero attached hydrogens (tertiary/aromatic N) is 6. The standard InChI is InChI=1S/C12H14N6O3S2/c1-8-7-22-11(20)10(13-8)23-12-14-15-16-18(12)6-9(19)17-2-4-21-5-3-17/h7H,2-6H2,1H3. The Bertz CT molecular complexity index is 755. The smallest absolute Gasteiger partial charge is 0.265 e. The zero-order chi connectivity index (χ0) is 16.2. The Kier molecular flexibility index (Phi) is 4.98. The molecule has 23 heavy (non-hydrogen) atoms. The first-order valence-electron chi connectivity index (χ1n) is 6.89. The van der Waals surface area contributed by atoms with Crippen LogP contribution in [0.4, 0.5) is 0 Å². The van der Waals surface area contributed by atoms with Crippen molar-refractivity contribution in [3.8, 4) is 0 Å². The van der Waals surface area contributed by atoms with E-state index in [4.69, 9.17) is 4.74 Å². The van der Waals surface area contributed by atoms with Crippen LogP contribution in [-0.4, -0.2) is 62.3 Å². The Hall–Kier alpha value is -1.85. The summed E-state index contributed by atoms with van der Waals surface area (Å²) in [7, 11) is 0. The van der Waals surface area contributed by atoms with Crippen LogP contribution in [0.2, 0.25) is 0 Å². The molecule has 1 fully saturated rings. The van der Waals surface area contributed by atoms with Gasteiger partial charge in [-0.2, -0.15) is 0 Å². The van der Waals surface area contributed by atoms with Crippen molar-refractivity contribution in [2.75, 3.05) is 26.3 Å². The molecule has 9 nitrogen and oxygen atoms in total. The first-order chi connectivity index (χ1) is 11.1. The Labute approximate surface area is 139 Å². The summed E-state index contributed by atoms with van der Waals surface area (Å²) in [5.41, 5.74) is 0.750. The van der Waals surface area contributed by atoms with Gasteiger partial charge in [0.15, 0.2) is 5.03 Å². The zero-order valence-corrected chi connectivity index (χ0v) is 14.0. The van der Waals surface area contributed by atoms with E-state index < -0.39 is 0 Å². The molecule has 1 saturated heterocycles. The Balaban J connectivity index is 1.73. The third-order valence-electron chi connectivity index (χ3n) is 3.12. The average Bonchev–Trinajstić information content (AvgIpc) is 2.99. The van der Waals surface area contributed by atoms with Crippen molar-refractivity contribution < 1.29 is 9.53 Å². The predicted molar refractivity (Wildman–Crippen MR) is 82.5 cm³/mol. The van der Waals surface area contributed by atoms with E-state index >= 15 is 0 Å². The third kappa shape index (κ3) is 3.92. The largest absolute Gasteiger partial charge is 0.378 e. The second-order valence-corrected chi connectivity index (χ2v) is 6.59. The van der Waals surface area contributed by atoms with Gasteiger partial charge in [-0.05, 0) is 29.1 Å². The summed E-state index contributed by atoms with van der Waals surface area (Å²) in [6.07, 6.45) is 0. The molecule has 1 amide bonds. The number of carbonyl (C=O) groups is 1. The van der Waals surface area contributed by atoms with Crippen molar-refractivity contribution in [2.45, 2.75) is 23.7 Å². The summed E-state index contributed by atoms with van der Waals surface area (Å²) in [5, 5.41) is 13.7. The van der Waals surface area contributed by atoms with Crippen molar-refractivity contribution in [2.24, 2.45) is 0 Å². The van der Waals surface area contributed by atoms with Crippen LogP contribution in [-0.2, 0) is 16.1 Å². The van der Waals surface area contributed by atoms with Gasteiger partial charge in [0, 0.05) is 24.2 Å². The van der Waals surface area contributed by atoms with Crippen LogP contribution in [0, 0.1) is 6.92 Å². The summed E-state index contributed by atoms with van der Waals surface area (Å²) in [6, 6.07) is 0. The van der Waals surface area contributed by atoms with Gasteiger partial charge in [-0.1, -0.05) is 11.3 Å². The molecule has 0 unspecified atom stereocenters. The summed E-state index contributed by atoms with van der Waals surface area (Å²) >= 11 is 2.15. The molecule has 0 radical (unpaired) electrons. The highest BCUT2D eigenvalue weighted by Gasteiger charge is 2.20. The summed E-state index contributed by atoms with van der Waals surface area (Å²) in [6.45, 7) is 4.04. The Morgan fingerprint density at radius 1 is 1.43 bits per heavy atom. The van der Waals surface area contributed by atoms with E-state index in [1.807, 2.05) is 6.92 Å². The van der Waals surface area contributed by atoms with Crippen LogP contribution in [0.1, 0.15) is 5.69 Å². The third-order valence-corrected chi connectivity index (χ3v) is 5.07. The first kappa shape index (κ1) is 16.0. The van der Waals surface area contributed by atoms with Gasteiger partial charge in [-0.25, -0.2) is 9.67 Å². The van der Waals surface area contributed by atoms with Gasteiger partial charge >= 0.3 is 0 Å². The van der Waals surface area contributed by atoms with Gasteiger partial charge < -0.3 is 9.64 Å². The zero-order valence-electron chi connectivity index (χ0n) is 12.3. The molecule has 2 aromatic rings. The topological polar surface area (TPSA) is 103 Å². The lowest BCUT2D eigenvalue weighted by atomic mass is 10.4. The fourth-order valence-electron chi connectivity index (χ4n) is 1.98. The molecule has 0 bridgehead atoms. The van der Waals surface area contributed by atoms with E-state index in [0.717, 1.165) is 28.8 Å². The van der Waals surface area contributed by atoms with Crippen LogP contribution < -0.4 is 4.74 Å². The van der Waals surface area contributed by atoms with Gasteiger partial charge in [0.1, 0.15) is 6.54 Å². The number of rotatable bonds is 4. The van der Waals surface area contributed by atoms with Crippen LogP contribution in [0.5, 0.6) is 0 Å². The maximum atomic E-state index is 12.3. The fourth-order valence-corrected chi connectivity index (χ4v) is 3.46. The fraction of sp³-hybridized carbons (Fsp3) is 0.500. The number of ether oxygens (including phenoxy) is 1. The normalized spacial score (nSPS) is 14.9. The Morgan fingerprint density at radius 2 is 2.22 bits per heavy atom. The molecular weight excluding hydrogens is 340 g/mol. The molecular formula is C12H14N6O3S2. The molecule has 11 heteroatoms. The molecule has 0 spiro atoms. The number of tetrazole rings is 1. The van der Waals surface area contributed by atoms with Crippen LogP contribution >= 0.6 is 23.1 Å². The maximum Gasteiger partial charge on any atom is 0.265 e. The molecule has 2 aromatic heterocycles. The van der Waals surface area contributed by atoms with Gasteiger partial charge in [-0.15, -0.1) is 5.10 Å². The molecule has 0 atom stereocenters. The molecule has 3 heterocycles. The highest BCUT2D eigenvalue weighted by Crippen LogP contribution is 2.21. The lowest BCUT2D eigenvalue weighted by Crippen LogP contribution is -2.42. The van der Waals surface area contributed by atoms with Crippen molar-refractivity contribution >= 4 is 29.0 Å². The SMILES string of the molecule is Cc1csc(=O)c(Sc2nnnn2CC(=O)N2CCOCC2)n1. The van der Waals surface area contributed by atoms with Crippen molar-refractivity contribution in [3.05, 3.63) is 20.6 Å². The molecule has 0 saturated carbocycles. The second kappa shape index (κ2) is 7.15. The molecule has 1 aliphatic rings. The summed E-state index contributed by atoms with van der Waals surface area (Å²) < 4.78 is 6.45. The van der Waals surface area contributed by atoms with Crippen LogP contribution in [0.25, 0.3) is 0 Å². The van der Waals surface area contributed by atoms with E-state index in [1.54, 1.807) is 10.3 Å². The van der Waals surface area contributed by atoms with E-state index in [-0.39, 0.29) is 17.2 Å². The number of amides is 1. The predicted octanol–water partition coefficient (Wildman–Crippen LogP) is -0.192. The van der Waals surface area contributed by atoms with Gasteiger partial charge in [-0.3, -0.25) is 9.59 Å². The molecule has 1 aliphatic heterocycles. The van der Waals surface area contributed by atoms with E-state index in [0.29, 0.717) is 36.5 Å². The molecule has 3 rings (SSSR count). The van der Waals surface area contributed by atoms with Crippen molar-refractivity contribution in [1.29, 1.82) is 0 Å². The van der Waals surface area contributed by atoms with Gasteiger partial charge in [0.05, 0.1) is 13.2 Å². The number of aromatic nitrogens is 5. The number of morpholine rings is 1. The number of hydrogen-bond acceptors (Lipinski definition) is 9. The lowest BCUT2D eigenvalue weighted by Gasteiger charge is -2.26. The van der Waals surface area contributed by atoms with Gasteiger partial charge in [0.2, 0.25) is 11.1 Å². The summed E-state index contributed by atoms with van der Waals surface area (Å²) in [4.78, 5) is 30.0. The Morgan fingerprint density at radius 3 is 3.00 bits per heavy atom. The minimum absolute atomic E-state index is 0.0266.